The van der Waals surface area contributed by atoms with Gasteiger partial charge in [0.1, 0.15) is 0 Å². The number of aliphatic hydroxyl groups is 1. The molecule has 2 N–H and O–H groups in total. The summed E-state index contributed by atoms with van der Waals surface area (Å²) in [6, 6.07) is 9.96. The summed E-state index contributed by atoms with van der Waals surface area (Å²) in [5.41, 5.74) is 1.18. The monoisotopic (exact) mass is 247 g/mol. The average molecular weight is 247 g/mol. The Morgan fingerprint density at radius 2 is 1.94 bits per heavy atom. The van der Waals surface area contributed by atoms with E-state index in [0.29, 0.717) is 6.42 Å². The van der Waals surface area contributed by atoms with E-state index in [1.165, 1.54) is 5.56 Å². The standard InChI is InChI=1S/C15H21NO2/c17-14-9-5-4-8-13(14)16-15(18)11-10-12-6-2-1-3-7-12/h1-3,6-7,13-14,17H,4-5,8-11H2,(H,16,18)/t13-,14+/m1/s1. The first-order valence-corrected chi connectivity index (χ1v) is 6.77. The zero-order chi connectivity index (χ0) is 12.8. The lowest BCUT2D eigenvalue weighted by Crippen LogP contribution is -2.45. The molecule has 1 aliphatic carbocycles. The molecule has 0 spiro atoms. The molecule has 1 fully saturated rings. The van der Waals surface area contributed by atoms with E-state index < -0.39 is 0 Å². The van der Waals surface area contributed by atoms with Gasteiger partial charge in [0.15, 0.2) is 0 Å². The first kappa shape index (κ1) is 13.1. The molecule has 0 saturated heterocycles. The van der Waals surface area contributed by atoms with Crippen molar-refractivity contribution in [2.45, 2.75) is 50.7 Å². The van der Waals surface area contributed by atoms with Crippen molar-refractivity contribution in [2.75, 3.05) is 0 Å². The summed E-state index contributed by atoms with van der Waals surface area (Å²) in [6.07, 6.45) is 4.77. The molecule has 0 unspecified atom stereocenters. The fourth-order valence-corrected chi connectivity index (χ4v) is 2.46. The Balaban J connectivity index is 1.75. The van der Waals surface area contributed by atoms with Gasteiger partial charge in [-0.3, -0.25) is 4.79 Å². The molecular formula is C15H21NO2. The molecule has 0 aromatic heterocycles. The van der Waals surface area contributed by atoms with Crippen molar-refractivity contribution in [1.29, 1.82) is 0 Å². The minimum Gasteiger partial charge on any atom is -0.391 e. The highest BCUT2D eigenvalue weighted by Gasteiger charge is 2.24. The second kappa shape index (κ2) is 6.55. The van der Waals surface area contributed by atoms with Crippen molar-refractivity contribution in [1.82, 2.24) is 5.32 Å². The van der Waals surface area contributed by atoms with Crippen LogP contribution in [0.15, 0.2) is 30.3 Å². The first-order chi connectivity index (χ1) is 8.75. The largest absolute Gasteiger partial charge is 0.391 e. The molecule has 3 nitrogen and oxygen atoms in total. The van der Waals surface area contributed by atoms with Crippen LogP contribution in [0.5, 0.6) is 0 Å². The third-order valence-electron chi connectivity index (χ3n) is 3.56. The van der Waals surface area contributed by atoms with E-state index in [9.17, 15) is 9.90 Å². The maximum Gasteiger partial charge on any atom is 0.220 e. The van der Waals surface area contributed by atoms with Gasteiger partial charge in [0.05, 0.1) is 12.1 Å². The van der Waals surface area contributed by atoms with E-state index in [-0.39, 0.29) is 18.1 Å². The van der Waals surface area contributed by atoms with Gasteiger partial charge in [-0.1, -0.05) is 43.2 Å². The van der Waals surface area contributed by atoms with Gasteiger partial charge in [-0.15, -0.1) is 0 Å². The molecule has 98 valence electrons. The maximum atomic E-state index is 11.8. The topological polar surface area (TPSA) is 49.3 Å². The summed E-state index contributed by atoms with van der Waals surface area (Å²) in [5.74, 6) is 0.0461. The minimum absolute atomic E-state index is 0.0398. The Kier molecular flexibility index (Phi) is 4.76. The number of hydrogen-bond acceptors (Lipinski definition) is 2. The quantitative estimate of drug-likeness (QED) is 0.855. The van der Waals surface area contributed by atoms with Crippen LogP contribution in [0.4, 0.5) is 0 Å². The molecule has 0 bridgehead atoms. The second-order valence-electron chi connectivity index (χ2n) is 5.01. The Labute approximate surface area is 108 Å². The number of carbonyl (C=O) groups excluding carboxylic acids is 1. The average Bonchev–Trinajstić information content (AvgIpc) is 2.40. The third-order valence-corrected chi connectivity index (χ3v) is 3.56. The van der Waals surface area contributed by atoms with E-state index in [4.69, 9.17) is 0 Å². The highest BCUT2D eigenvalue weighted by atomic mass is 16.3. The molecule has 2 atom stereocenters. The van der Waals surface area contributed by atoms with Crippen molar-refractivity contribution >= 4 is 5.91 Å². The van der Waals surface area contributed by atoms with E-state index in [1.807, 2.05) is 30.3 Å². The summed E-state index contributed by atoms with van der Waals surface area (Å²) < 4.78 is 0. The zero-order valence-electron chi connectivity index (χ0n) is 10.6. The van der Waals surface area contributed by atoms with Crippen molar-refractivity contribution in [3.05, 3.63) is 35.9 Å². The number of aliphatic hydroxyl groups excluding tert-OH is 1. The van der Waals surface area contributed by atoms with Crippen LogP contribution in [-0.4, -0.2) is 23.2 Å². The van der Waals surface area contributed by atoms with E-state index in [2.05, 4.69) is 5.32 Å². The van der Waals surface area contributed by atoms with E-state index in [1.54, 1.807) is 0 Å². The molecule has 3 heteroatoms. The van der Waals surface area contributed by atoms with Crippen LogP contribution in [0.2, 0.25) is 0 Å². The van der Waals surface area contributed by atoms with Gasteiger partial charge < -0.3 is 10.4 Å². The van der Waals surface area contributed by atoms with Crippen LogP contribution in [0.1, 0.15) is 37.7 Å². The summed E-state index contributed by atoms with van der Waals surface area (Å²) in [5, 5.41) is 12.7. The Hall–Kier alpha value is -1.35. The van der Waals surface area contributed by atoms with Crippen molar-refractivity contribution in [3.8, 4) is 0 Å². The SMILES string of the molecule is O=C(CCc1ccccc1)N[C@@H]1CCCC[C@@H]1O. The summed E-state index contributed by atoms with van der Waals surface area (Å²) in [4.78, 5) is 11.8. The van der Waals surface area contributed by atoms with Crippen LogP contribution < -0.4 is 5.32 Å². The molecular weight excluding hydrogens is 226 g/mol. The van der Waals surface area contributed by atoms with Gasteiger partial charge in [-0.05, 0) is 24.8 Å². The van der Waals surface area contributed by atoms with Crippen molar-refractivity contribution < 1.29 is 9.90 Å². The lowest BCUT2D eigenvalue weighted by atomic mass is 9.92. The Morgan fingerprint density at radius 3 is 2.67 bits per heavy atom. The van der Waals surface area contributed by atoms with Crippen LogP contribution in [0.25, 0.3) is 0 Å². The predicted molar refractivity (Wildman–Crippen MR) is 71.2 cm³/mol. The normalized spacial score (nSPS) is 23.6. The number of aryl methyl sites for hydroxylation is 1. The predicted octanol–water partition coefficient (Wildman–Crippen LogP) is 2.04. The summed E-state index contributed by atoms with van der Waals surface area (Å²) in [6.45, 7) is 0. The molecule has 0 aliphatic heterocycles. The second-order valence-corrected chi connectivity index (χ2v) is 5.01. The van der Waals surface area contributed by atoms with Crippen molar-refractivity contribution in [3.63, 3.8) is 0 Å². The summed E-state index contributed by atoms with van der Waals surface area (Å²) in [7, 11) is 0. The molecule has 1 saturated carbocycles. The Bertz CT molecular complexity index is 377. The molecule has 2 rings (SSSR count). The fraction of sp³-hybridized carbons (Fsp3) is 0.533. The number of benzene rings is 1. The van der Waals surface area contributed by atoms with Gasteiger partial charge in [-0.2, -0.15) is 0 Å². The number of nitrogens with one attached hydrogen (secondary N) is 1. The maximum absolute atomic E-state index is 11.8. The highest BCUT2D eigenvalue weighted by molar-refractivity contribution is 5.76. The molecule has 1 amide bonds. The molecule has 0 radical (unpaired) electrons. The van der Waals surface area contributed by atoms with Gasteiger partial charge in [0.25, 0.3) is 0 Å². The van der Waals surface area contributed by atoms with Gasteiger partial charge in [-0.25, -0.2) is 0 Å². The molecule has 18 heavy (non-hydrogen) atoms. The Morgan fingerprint density at radius 1 is 1.22 bits per heavy atom. The van der Waals surface area contributed by atoms with Crippen LogP contribution in [-0.2, 0) is 11.2 Å². The van der Waals surface area contributed by atoms with Gasteiger partial charge >= 0.3 is 0 Å². The molecule has 0 heterocycles. The molecule has 1 aromatic carbocycles. The molecule has 1 aliphatic rings. The first-order valence-electron chi connectivity index (χ1n) is 6.77. The third kappa shape index (κ3) is 3.84. The lowest BCUT2D eigenvalue weighted by Gasteiger charge is -2.28. The van der Waals surface area contributed by atoms with E-state index in [0.717, 1.165) is 32.1 Å². The molecule has 1 aromatic rings. The lowest BCUT2D eigenvalue weighted by molar-refractivity contribution is -0.123. The van der Waals surface area contributed by atoms with E-state index >= 15 is 0 Å². The summed E-state index contributed by atoms with van der Waals surface area (Å²) >= 11 is 0. The van der Waals surface area contributed by atoms with Gasteiger partial charge in [0, 0.05) is 6.42 Å². The number of hydrogen-bond donors (Lipinski definition) is 2. The van der Waals surface area contributed by atoms with Crippen molar-refractivity contribution in [2.24, 2.45) is 0 Å². The highest BCUT2D eigenvalue weighted by Crippen LogP contribution is 2.18. The van der Waals surface area contributed by atoms with Gasteiger partial charge in [0.2, 0.25) is 5.91 Å². The smallest absolute Gasteiger partial charge is 0.220 e. The number of amides is 1. The minimum atomic E-state index is -0.362. The zero-order valence-corrected chi connectivity index (χ0v) is 10.6. The van der Waals surface area contributed by atoms with Crippen LogP contribution in [0, 0.1) is 0 Å². The number of rotatable bonds is 4. The van der Waals surface area contributed by atoms with Crippen LogP contribution in [0.3, 0.4) is 0 Å². The van der Waals surface area contributed by atoms with Crippen LogP contribution >= 0.6 is 0 Å². The number of carbonyl (C=O) groups is 1. The fourth-order valence-electron chi connectivity index (χ4n) is 2.46.